The van der Waals surface area contributed by atoms with E-state index in [1.807, 2.05) is 11.8 Å². The summed E-state index contributed by atoms with van der Waals surface area (Å²) < 4.78 is 0. The van der Waals surface area contributed by atoms with Gasteiger partial charge in [-0.3, -0.25) is 0 Å². The highest BCUT2D eigenvalue weighted by Gasteiger charge is 2.38. The molecule has 0 aromatic heterocycles. The molecule has 1 rings (SSSR count). The first kappa shape index (κ1) is 15.4. The van der Waals surface area contributed by atoms with Crippen LogP contribution >= 0.6 is 11.8 Å². The topological polar surface area (TPSA) is 12.0 Å². The molecule has 0 amide bonds. The molecule has 1 aliphatic carbocycles. The molecule has 1 aliphatic rings. The first-order valence-corrected chi connectivity index (χ1v) is 8.36. The van der Waals surface area contributed by atoms with Crippen molar-refractivity contribution in [1.29, 1.82) is 0 Å². The fourth-order valence-corrected chi connectivity index (χ4v) is 4.39. The molecule has 1 fully saturated rings. The molecule has 2 heteroatoms. The highest BCUT2D eigenvalue weighted by Crippen LogP contribution is 2.45. The fraction of sp³-hybridized carbons (Fsp3) is 1.00. The standard InChI is InChI=1S/C15H31NS/c1-12(10-17-6)9-16-13-7-14(2,3)11-15(4,5)8-13/h12-13,16H,7-11H2,1-6H3. The molecule has 17 heavy (non-hydrogen) atoms. The number of hydrogen-bond donors (Lipinski definition) is 1. The van der Waals surface area contributed by atoms with E-state index in [1.54, 1.807) is 0 Å². The molecular formula is C15H31NS. The molecule has 0 saturated heterocycles. The van der Waals surface area contributed by atoms with Crippen molar-refractivity contribution in [2.75, 3.05) is 18.6 Å². The van der Waals surface area contributed by atoms with E-state index in [1.165, 1.54) is 31.6 Å². The van der Waals surface area contributed by atoms with Crippen LogP contribution in [-0.2, 0) is 0 Å². The van der Waals surface area contributed by atoms with Crippen molar-refractivity contribution in [2.24, 2.45) is 16.7 Å². The third-order valence-electron chi connectivity index (χ3n) is 3.76. The molecule has 0 radical (unpaired) electrons. The van der Waals surface area contributed by atoms with Gasteiger partial charge in [0.2, 0.25) is 0 Å². The second-order valence-corrected chi connectivity index (χ2v) is 8.49. The number of nitrogens with one attached hydrogen (secondary N) is 1. The van der Waals surface area contributed by atoms with Gasteiger partial charge < -0.3 is 5.32 Å². The average molecular weight is 257 g/mol. The van der Waals surface area contributed by atoms with Crippen molar-refractivity contribution in [3.05, 3.63) is 0 Å². The van der Waals surface area contributed by atoms with Crippen LogP contribution in [-0.4, -0.2) is 24.6 Å². The van der Waals surface area contributed by atoms with Crippen LogP contribution in [0.2, 0.25) is 0 Å². The second kappa shape index (κ2) is 5.97. The minimum atomic E-state index is 0.502. The van der Waals surface area contributed by atoms with Crippen molar-refractivity contribution in [1.82, 2.24) is 5.32 Å². The average Bonchev–Trinajstić information content (AvgIpc) is 2.10. The Hall–Kier alpha value is 0.310. The van der Waals surface area contributed by atoms with Crippen LogP contribution in [0.15, 0.2) is 0 Å². The molecule has 1 nitrogen and oxygen atoms in total. The second-order valence-electron chi connectivity index (χ2n) is 7.58. The van der Waals surface area contributed by atoms with Gasteiger partial charge in [-0.1, -0.05) is 34.6 Å². The predicted octanol–water partition coefficient (Wildman–Crippen LogP) is 4.18. The van der Waals surface area contributed by atoms with Gasteiger partial charge in [0, 0.05) is 6.04 Å². The van der Waals surface area contributed by atoms with Crippen LogP contribution in [0.25, 0.3) is 0 Å². The van der Waals surface area contributed by atoms with E-state index < -0.39 is 0 Å². The summed E-state index contributed by atoms with van der Waals surface area (Å²) in [5.74, 6) is 2.06. The van der Waals surface area contributed by atoms with E-state index in [4.69, 9.17) is 0 Å². The molecule has 1 saturated carbocycles. The molecular weight excluding hydrogens is 226 g/mol. The lowest BCUT2D eigenvalue weighted by Crippen LogP contribution is -2.45. The third kappa shape index (κ3) is 5.65. The van der Waals surface area contributed by atoms with Crippen LogP contribution in [0.1, 0.15) is 53.9 Å². The lowest BCUT2D eigenvalue weighted by molar-refractivity contribution is 0.0840. The molecule has 0 spiro atoms. The van der Waals surface area contributed by atoms with Gasteiger partial charge >= 0.3 is 0 Å². The van der Waals surface area contributed by atoms with Crippen molar-refractivity contribution in [2.45, 2.75) is 59.9 Å². The summed E-state index contributed by atoms with van der Waals surface area (Å²) in [5.41, 5.74) is 1.00. The maximum Gasteiger partial charge on any atom is 0.00773 e. The number of hydrogen-bond acceptors (Lipinski definition) is 2. The van der Waals surface area contributed by atoms with Crippen molar-refractivity contribution < 1.29 is 0 Å². The molecule has 0 heterocycles. The molecule has 0 aliphatic heterocycles. The van der Waals surface area contributed by atoms with Crippen molar-refractivity contribution >= 4 is 11.8 Å². The lowest BCUT2D eigenvalue weighted by Gasteiger charge is -2.45. The summed E-state index contributed by atoms with van der Waals surface area (Å²) >= 11 is 1.96. The van der Waals surface area contributed by atoms with Gasteiger partial charge in [-0.15, -0.1) is 0 Å². The molecule has 0 aromatic carbocycles. The Balaban J connectivity index is 2.43. The minimum Gasteiger partial charge on any atom is -0.314 e. The molecule has 0 bridgehead atoms. The van der Waals surface area contributed by atoms with Gasteiger partial charge in [0.05, 0.1) is 0 Å². The van der Waals surface area contributed by atoms with E-state index in [9.17, 15) is 0 Å². The first-order chi connectivity index (χ1) is 7.74. The van der Waals surface area contributed by atoms with E-state index >= 15 is 0 Å². The maximum absolute atomic E-state index is 3.80. The number of rotatable bonds is 5. The highest BCUT2D eigenvalue weighted by molar-refractivity contribution is 7.98. The Morgan fingerprint density at radius 1 is 1.18 bits per heavy atom. The Morgan fingerprint density at radius 2 is 1.71 bits per heavy atom. The van der Waals surface area contributed by atoms with E-state index in [2.05, 4.69) is 46.2 Å². The predicted molar refractivity (Wildman–Crippen MR) is 80.7 cm³/mol. The largest absolute Gasteiger partial charge is 0.314 e. The summed E-state index contributed by atoms with van der Waals surface area (Å²) in [6.45, 7) is 13.2. The fourth-order valence-electron chi connectivity index (χ4n) is 3.70. The molecule has 102 valence electrons. The summed E-state index contributed by atoms with van der Waals surface area (Å²) in [6.07, 6.45) is 6.23. The Labute approximate surface area is 113 Å². The van der Waals surface area contributed by atoms with E-state index in [-0.39, 0.29) is 0 Å². The molecule has 1 N–H and O–H groups in total. The molecule has 0 aromatic rings. The Morgan fingerprint density at radius 3 is 2.18 bits per heavy atom. The summed E-state index contributed by atoms with van der Waals surface area (Å²) in [7, 11) is 0. The zero-order chi connectivity index (χ0) is 13.1. The Bertz CT molecular complexity index is 219. The van der Waals surface area contributed by atoms with Crippen molar-refractivity contribution in [3.63, 3.8) is 0 Å². The van der Waals surface area contributed by atoms with Crippen LogP contribution in [0.3, 0.4) is 0 Å². The lowest BCUT2D eigenvalue weighted by atomic mass is 9.63. The maximum atomic E-state index is 3.80. The summed E-state index contributed by atoms with van der Waals surface area (Å²) in [6, 6.07) is 0.720. The van der Waals surface area contributed by atoms with E-state index in [0.29, 0.717) is 10.8 Å². The van der Waals surface area contributed by atoms with Crippen LogP contribution in [0.4, 0.5) is 0 Å². The van der Waals surface area contributed by atoms with Gasteiger partial charge in [-0.05, 0) is 54.6 Å². The quantitative estimate of drug-likeness (QED) is 0.793. The van der Waals surface area contributed by atoms with E-state index in [0.717, 1.165) is 12.0 Å². The van der Waals surface area contributed by atoms with Gasteiger partial charge in [0.25, 0.3) is 0 Å². The SMILES string of the molecule is CSCC(C)CNC1CC(C)(C)CC(C)(C)C1. The van der Waals surface area contributed by atoms with Gasteiger partial charge in [-0.25, -0.2) is 0 Å². The van der Waals surface area contributed by atoms with Gasteiger partial charge in [0.1, 0.15) is 0 Å². The van der Waals surface area contributed by atoms with Crippen LogP contribution in [0.5, 0.6) is 0 Å². The van der Waals surface area contributed by atoms with Crippen LogP contribution in [0, 0.1) is 16.7 Å². The third-order valence-corrected chi connectivity index (χ3v) is 4.66. The highest BCUT2D eigenvalue weighted by atomic mass is 32.2. The summed E-state index contributed by atoms with van der Waals surface area (Å²) in [4.78, 5) is 0. The zero-order valence-electron chi connectivity index (χ0n) is 12.6. The van der Waals surface area contributed by atoms with Crippen LogP contribution < -0.4 is 5.32 Å². The van der Waals surface area contributed by atoms with Crippen molar-refractivity contribution in [3.8, 4) is 0 Å². The molecule has 1 unspecified atom stereocenters. The monoisotopic (exact) mass is 257 g/mol. The van der Waals surface area contributed by atoms with Gasteiger partial charge in [0.15, 0.2) is 0 Å². The Kier molecular flexibility index (Phi) is 5.39. The molecule has 1 atom stereocenters. The minimum absolute atomic E-state index is 0.502. The zero-order valence-corrected chi connectivity index (χ0v) is 13.4. The van der Waals surface area contributed by atoms with Gasteiger partial charge in [-0.2, -0.15) is 11.8 Å². The smallest absolute Gasteiger partial charge is 0.00773 e. The summed E-state index contributed by atoms with van der Waals surface area (Å²) in [5, 5.41) is 3.80. The number of thioether (sulfide) groups is 1. The first-order valence-electron chi connectivity index (χ1n) is 6.96. The normalized spacial score (nSPS) is 25.8.